The van der Waals surface area contributed by atoms with Crippen molar-refractivity contribution in [2.75, 3.05) is 7.11 Å². The van der Waals surface area contributed by atoms with Gasteiger partial charge in [-0.2, -0.15) is 13.2 Å². The van der Waals surface area contributed by atoms with E-state index in [1.807, 2.05) is 0 Å². The molecule has 4 nitrogen and oxygen atoms in total. The predicted octanol–water partition coefficient (Wildman–Crippen LogP) is 1.53. The van der Waals surface area contributed by atoms with Gasteiger partial charge in [-0.1, -0.05) is 0 Å². The Morgan fingerprint density at radius 2 is 2.18 bits per heavy atom. The van der Waals surface area contributed by atoms with E-state index in [4.69, 9.17) is 5.73 Å². The molecule has 0 aliphatic rings. The molecule has 0 aliphatic heterocycles. The first-order chi connectivity index (χ1) is 7.84. The van der Waals surface area contributed by atoms with Crippen molar-refractivity contribution in [2.24, 2.45) is 5.73 Å². The Labute approximate surface area is 95.6 Å². The van der Waals surface area contributed by atoms with Crippen LogP contribution in [0.4, 0.5) is 13.2 Å². The number of nitrogens with two attached hydrogens (primary N) is 1. The second-order valence-electron chi connectivity index (χ2n) is 3.36. The lowest BCUT2D eigenvalue weighted by Crippen LogP contribution is -2.13. The number of aromatic nitrogens is 1. The van der Waals surface area contributed by atoms with E-state index in [0.29, 0.717) is 0 Å². The minimum Gasteiger partial charge on any atom is -0.481 e. The molecule has 0 bridgehead atoms. The molecule has 1 heterocycles. The van der Waals surface area contributed by atoms with Crippen LogP contribution in [-0.2, 0) is 17.4 Å². The van der Waals surface area contributed by atoms with E-state index in [0.717, 1.165) is 13.2 Å². The smallest absolute Gasteiger partial charge is 0.421 e. The summed E-state index contributed by atoms with van der Waals surface area (Å²) in [4.78, 5) is 14.1. The van der Waals surface area contributed by atoms with Crippen LogP contribution < -0.4 is 10.5 Å². The van der Waals surface area contributed by atoms with Crippen molar-refractivity contribution in [2.45, 2.75) is 19.0 Å². The molecule has 0 saturated heterocycles. The minimum absolute atomic E-state index is 0.0225. The van der Waals surface area contributed by atoms with Crippen molar-refractivity contribution < 1.29 is 22.7 Å². The van der Waals surface area contributed by atoms with Gasteiger partial charge in [0.05, 0.1) is 7.11 Å². The van der Waals surface area contributed by atoms with Crippen LogP contribution in [0.25, 0.3) is 0 Å². The normalized spacial score (nSPS) is 11.3. The van der Waals surface area contributed by atoms with Crippen LogP contribution >= 0.6 is 0 Å². The van der Waals surface area contributed by atoms with Crippen LogP contribution in [0, 0.1) is 0 Å². The highest BCUT2D eigenvalue weighted by atomic mass is 19.4. The summed E-state index contributed by atoms with van der Waals surface area (Å²) in [7, 11) is 1.11. The summed E-state index contributed by atoms with van der Waals surface area (Å²) in [6.45, 7) is 0. The lowest BCUT2D eigenvalue weighted by molar-refractivity contribution is -0.139. The average molecular weight is 248 g/mol. The van der Waals surface area contributed by atoms with E-state index in [9.17, 15) is 18.0 Å². The van der Waals surface area contributed by atoms with Crippen LogP contribution in [0.2, 0.25) is 0 Å². The van der Waals surface area contributed by atoms with Crippen LogP contribution in [0.15, 0.2) is 12.3 Å². The predicted molar refractivity (Wildman–Crippen MR) is 53.3 cm³/mol. The third kappa shape index (κ3) is 3.61. The van der Waals surface area contributed by atoms with Crippen molar-refractivity contribution in [3.63, 3.8) is 0 Å². The van der Waals surface area contributed by atoms with Crippen molar-refractivity contribution >= 4 is 5.91 Å². The van der Waals surface area contributed by atoms with Gasteiger partial charge in [0.25, 0.3) is 0 Å². The zero-order valence-electron chi connectivity index (χ0n) is 9.04. The standard InChI is InChI=1S/C10H11F3N2O2/c1-17-9-7(10(11,12)13)4-6(5-15-9)2-3-8(14)16/h4-5H,2-3H2,1H3,(H2,14,16). The van der Waals surface area contributed by atoms with Gasteiger partial charge in [-0.25, -0.2) is 4.98 Å². The number of hydrogen-bond acceptors (Lipinski definition) is 3. The molecule has 0 fully saturated rings. The molecule has 1 aromatic rings. The number of hydrogen-bond donors (Lipinski definition) is 1. The van der Waals surface area contributed by atoms with E-state index in [2.05, 4.69) is 9.72 Å². The van der Waals surface area contributed by atoms with Crippen LogP contribution in [0.3, 0.4) is 0 Å². The molecule has 0 atom stereocenters. The number of nitrogens with zero attached hydrogens (tertiary/aromatic N) is 1. The number of primary amides is 1. The fourth-order valence-corrected chi connectivity index (χ4v) is 1.27. The van der Waals surface area contributed by atoms with Crippen LogP contribution in [-0.4, -0.2) is 18.0 Å². The minimum atomic E-state index is -4.54. The van der Waals surface area contributed by atoms with Crippen molar-refractivity contribution in [1.82, 2.24) is 4.98 Å². The fourth-order valence-electron chi connectivity index (χ4n) is 1.27. The highest BCUT2D eigenvalue weighted by Gasteiger charge is 2.35. The Morgan fingerprint density at radius 3 is 2.65 bits per heavy atom. The largest absolute Gasteiger partial charge is 0.481 e. The van der Waals surface area contributed by atoms with Gasteiger partial charge in [0, 0.05) is 12.6 Å². The number of carbonyl (C=O) groups is 1. The molecular formula is C10H11F3N2O2. The van der Waals surface area contributed by atoms with Crippen LogP contribution in [0.1, 0.15) is 17.5 Å². The van der Waals surface area contributed by atoms with Crippen molar-refractivity contribution in [3.05, 3.63) is 23.4 Å². The number of ether oxygens (including phenoxy) is 1. The second-order valence-corrected chi connectivity index (χ2v) is 3.36. The van der Waals surface area contributed by atoms with Gasteiger partial charge in [-0.15, -0.1) is 0 Å². The Morgan fingerprint density at radius 1 is 1.53 bits per heavy atom. The molecule has 7 heteroatoms. The first kappa shape index (κ1) is 13.3. The van der Waals surface area contributed by atoms with Gasteiger partial charge in [-0.05, 0) is 18.1 Å². The number of methoxy groups -OCH3 is 1. The van der Waals surface area contributed by atoms with Crippen molar-refractivity contribution in [3.8, 4) is 5.88 Å². The summed E-state index contributed by atoms with van der Waals surface area (Å²) in [5, 5.41) is 0. The molecule has 0 spiro atoms. The molecule has 1 rings (SSSR count). The molecule has 0 saturated carbocycles. The highest BCUT2D eigenvalue weighted by Crippen LogP contribution is 2.35. The first-order valence-electron chi connectivity index (χ1n) is 4.73. The molecule has 2 N–H and O–H groups in total. The summed E-state index contributed by atoms with van der Waals surface area (Å²) in [5.41, 5.74) is 4.25. The summed E-state index contributed by atoms with van der Waals surface area (Å²) >= 11 is 0. The third-order valence-electron chi connectivity index (χ3n) is 2.07. The SMILES string of the molecule is COc1ncc(CCC(N)=O)cc1C(F)(F)F. The zero-order chi connectivity index (χ0) is 13.1. The molecule has 1 amide bonds. The lowest BCUT2D eigenvalue weighted by Gasteiger charge is -2.12. The van der Waals surface area contributed by atoms with Gasteiger partial charge >= 0.3 is 6.18 Å². The molecule has 0 unspecified atom stereocenters. The zero-order valence-corrected chi connectivity index (χ0v) is 9.04. The maximum absolute atomic E-state index is 12.6. The summed E-state index contributed by atoms with van der Waals surface area (Å²) < 4.78 is 42.3. The molecular weight excluding hydrogens is 237 g/mol. The van der Waals surface area contributed by atoms with Gasteiger partial charge in [0.1, 0.15) is 5.56 Å². The summed E-state index contributed by atoms with van der Waals surface area (Å²) in [6, 6.07) is 0.911. The number of carbonyl (C=O) groups excluding carboxylic acids is 1. The molecule has 0 aliphatic carbocycles. The summed E-state index contributed by atoms with van der Waals surface area (Å²) in [5.74, 6) is -1.06. The van der Waals surface area contributed by atoms with Gasteiger partial charge in [0.2, 0.25) is 11.8 Å². The Bertz CT molecular complexity index is 419. The number of halogens is 3. The topological polar surface area (TPSA) is 65.2 Å². The van der Waals surface area contributed by atoms with E-state index >= 15 is 0 Å². The van der Waals surface area contributed by atoms with E-state index in [1.165, 1.54) is 6.20 Å². The van der Waals surface area contributed by atoms with Gasteiger partial charge in [0.15, 0.2) is 0 Å². The number of aryl methyl sites for hydroxylation is 1. The Kier molecular flexibility index (Phi) is 3.93. The number of pyridine rings is 1. The summed E-state index contributed by atoms with van der Waals surface area (Å²) in [6.07, 6.45) is -3.21. The number of rotatable bonds is 4. The van der Waals surface area contributed by atoms with E-state index in [-0.39, 0.29) is 18.4 Å². The van der Waals surface area contributed by atoms with Crippen molar-refractivity contribution in [1.29, 1.82) is 0 Å². The first-order valence-corrected chi connectivity index (χ1v) is 4.73. The van der Waals surface area contributed by atoms with E-state index in [1.54, 1.807) is 0 Å². The molecule has 94 valence electrons. The molecule has 0 radical (unpaired) electrons. The van der Waals surface area contributed by atoms with Crippen LogP contribution in [0.5, 0.6) is 5.88 Å². The van der Waals surface area contributed by atoms with Gasteiger partial charge < -0.3 is 10.5 Å². The highest BCUT2D eigenvalue weighted by molar-refractivity contribution is 5.74. The Hall–Kier alpha value is -1.79. The number of amides is 1. The van der Waals surface area contributed by atoms with E-state index < -0.39 is 23.5 Å². The monoisotopic (exact) mass is 248 g/mol. The quantitative estimate of drug-likeness (QED) is 0.878. The maximum atomic E-state index is 12.6. The average Bonchev–Trinajstić information content (AvgIpc) is 2.24. The lowest BCUT2D eigenvalue weighted by atomic mass is 10.1. The second kappa shape index (κ2) is 5.03. The fraction of sp³-hybridized carbons (Fsp3) is 0.400. The maximum Gasteiger partial charge on any atom is 0.421 e. The number of alkyl halides is 3. The third-order valence-corrected chi connectivity index (χ3v) is 2.07. The Balaban J connectivity index is 3.01. The molecule has 17 heavy (non-hydrogen) atoms. The molecule has 0 aromatic carbocycles. The molecule has 1 aromatic heterocycles. The van der Waals surface area contributed by atoms with Gasteiger partial charge in [-0.3, -0.25) is 4.79 Å².